The number of nitrogens with one attached hydrogen (secondary N) is 3. The van der Waals surface area contributed by atoms with Crippen molar-refractivity contribution in [1.82, 2.24) is 10.6 Å². The number of piperazine rings is 1. The van der Waals surface area contributed by atoms with E-state index in [0.29, 0.717) is 23.4 Å². The summed E-state index contributed by atoms with van der Waals surface area (Å²) in [7, 11) is 0. The number of carbonyl (C=O) groups is 2. The fourth-order valence-electron chi connectivity index (χ4n) is 3.89. The number of hydrogen-bond donors (Lipinski definition) is 4. The summed E-state index contributed by atoms with van der Waals surface area (Å²) in [6.45, 7) is 4.18. The summed E-state index contributed by atoms with van der Waals surface area (Å²) in [4.78, 5) is 28.5. The Hall–Kier alpha value is -3.68. The highest BCUT2D eigenvalue weighted by atomic mass is 16.2. The maximum absolute atomic E-state index is 13.2. The van der Waals surface area contributed by atoms with Gasteiger partial charge in [0.05, 0.1) is 0 Å². The van der Waals surface area contributed by atoms with Crippen LogP contribution in [-0.2, 0) is 11.3 Å². The summed E-state index contributed by atoms with van der Waals surface area (Å²) in [6.07, 6.45) is 0. The Labute approximate surface area is 194 Å². The summed E-state index contributed by atoms with van der Waals surface area (Å²) in [6, 6.07) is 23.3. The van der Waals surface area contributed by atoms with Gasteiger partial charge >= 0.3 is 0 Å². The lowest BCUT2D eigenvalue weighted by molar-refractivity contribution is -0.118. The summed E-state index contributed by atoms with van der Waals surface area (Å²) in [5.41, 5.74) is 9.53. The predicted molar refractivity (Wildman–Crippen MR) is 131 cm³/mol. The van der Waals surface area contributed by atoms with E-state index in [1.54, 1.807) is 18.2 Å². The molecule has 4 rings (SSSR count). The molecule has 3 aromatic carbocycles. The van der Waals surface area contributed by atoms with Gasteiger partial charge in [0.25, 0.3) is 11.8 Å². The number of rotatable bonds is 7. The minimum absolute atomic E-state index is 0.306. The fourth-order valence-corrected chi connectivity index (χ4v) is 3.89. The average molecular weight is 444 g/mol. The first-order chi connectivity index (χ1) is 16.1. The van der Waals surface area contributed by atoms with Gasteiger partial charge in [-0.05, 0) is 47.5 Å². The van der Waals surface area contributed by atoms with Crippen molar-refractivity contribution in [2.45, 2.75) is 12.6 Å². The van der Waals surface area contributed by atoms with E-state index >= 15 is 0 Å². The monoisotopic (exact) mass is 443 g/mol. The van der Waals surface area contributed by atoms with Gasteiger partial charge in [-0.25, -0.2) is 0 Å². The van der Waals surface area contributed by atoms with Gasteiger partial charge in [-0.15, -0.1) is 0 Å². The number of benzene rings is 3. The molecule has 1 saturated heterocycles. The minimum Gasteiger partial charge on any atom is -0.369 e. The lowest BCUT2D eigenvalue weighted by Crippen LogP contribution is -2.43. The van der Waals surface area contributed by atoms with Crippen molar-refractivity contribution in [2.75, 3.05) is 36.4 Å². The van der Waals surface area contributed by atoms with Crippen molar-refractivity contribution in [3.63, 3.8) is 0 Å². The van der Waals surface area contributed by atoms with Crippen molar-refractivity contribution in [3.8, 4) is 0 Å². The number of nitrogens with two attached hydrogens (primary N) is 1. The highest BCUT2D eigenvalue weighted by Crippen LogP contribution is 2.21. The topological polar surface area (TPSA) is 99.5 Å². The standard InChI is InChI=1S/C26H29N5O2/c27-18-19-5-4-8-21(17-19)25(32)30-24(20-6-2-1-3-7-20)26(33)29-22-9-11-23(12-10-22)31-15-13-28-14-16-31/h1-12,17,24,28H,13-16,18,27H2,(H,29,33)(H,30,32)/t24-/m1/s1. The zero-order chi connectivity index (χ0) is 23.0. The first-order valence-corrected chi connectivity index (χ1v) is 11.2. The van der Waals surface area contributed by atoms with Crippen LogP contribution in [0.3, 0.4) is 0 Å². The molecule has 33 heavy (non-hydrogen) atoms. The molecule has 1 heterocycles. The Balaban J connectivity index is 1.49. The Morgan fingerprint density at radius 3 is 2.36 bits per heavy atom. The van der Waals surface area contributed by atoms with Gasteiger partial charge in [0, 0.05) is 49.7 Å². The fraction of sp³-hybridized carbons (Fsp3) is 0.231. The Morgan fingerprint density at radius 1 is 0.939 bits per heavy atom. The van der Waals surface area contributed by atoms with Crippen LogP contribution in [0.1, 0.15) is 27.5 Å². The van der Waals surface area contributed by atoms with Crippen molar-refractivity contribution in [2.24, 2.45) is 5.73 Å². The highest BCUT2D eigenvalue weighted by Gasteiger charge is 2.23. The lowest BCUT2D eigenvalue weighted by atomic mass is 10.0. The third-order valence-electron chi connectivity index (χ3n) is 5.71. The SMILES string of the molecule is NCc1cccc(C(=O)N[C@@H](C(=O)Nc2ccc(N3CCNCC3)cc2)c2ccccc2)c1. The summed E-state index contributed by atoms with van der Waals surface area (Å²) in [5, 5.41) is 9.17. The quantitative estimate of drug-likeness (QED) is 0.450. The first kappa shape index (κ1) is 22.5. The highest BCUT2D eigenvalue weighted by molar-refractivity contribution is 6.01. The van der Waals surface area contributed by atoms with Gasteiger partial charge in [-0.3, -0.25) is 9.59 Å². The van der Waals surface area contributed by atoms with E-state index in [1.165, 1.54) is 0 Å². The molecule has 1 atom stereocenters. The molecule has 1 aliphatic rings. The zero-order valence-electron chi connectivity index (χ0n) is 18.5. The third kappa shape index (κ3) is 5.77. The molecule has 3 aromatic rings. The third-order valence-corrected chi connectivity index (χ3v) is 5.71. The van der Waals surface area contributed by atoms with Crippen LogP contribution in [0.4, 0.5) is 11.4 Å². The molecule has 170 valence electrons. The van der Waals surface area contributed by atoms with Gasteiger partial charge in [-0.1, -0.05) is 42.5 Å². The van der Waals surface area contributed by atoms with Crippen molar-refractivity contribution >= 4 is 23.2 Å². The Kier molecular flexibility index (Phi) is 7.34. The smallest absolute Gasteiger partial charge is 0.252 e. The van der Waals surface area contributed by atoms with E-state index in [9.17, 15) is 9.59 Å². The van der Waals surface area contributed by atoms with E-state index < -0.39 is 6.04 Å². The number of anilines is 2. The molecule has 7 nitrogen and oxygen atoms in total. The molecule has 0 radical (unpaired) electrons. The van der Waals surface area contributed by atoms with E-state index in [1.807, 2.05) is 60.7 Å². The number of hydrogen-bond acceptors (Lipinski definition) is 5. The normalized spacial score (nSPS) is 14.4. The molecule has 7 heteroatoms. The summed E-state index contributed by atoms with van der Waals surface area (Å²) >= 11 is 0. The second-order valence-electron chi connectivity index (χ2n) is 7.99. The maximum Gasteiger partial charge on any atom is 0.252 e. The number of carbonyl (C=O) groups excluding carboxylic acids is 2. The second kappa shape index (κ2) is 10.8. The van der Waals surface area contributed by atoms with Crippen LogP contribution in [-0.4, -0.2) is 38.0 Å². The Bertz CT molecular complexity index is 1080. The molecule has 0 saturated carbocycles. The van der Waals surface area contributed by atoms with Crippen LogP contribution in [0.25, 0.3) is 0 Å². The minimum atomic E-state index is -0.840. The van der Waals surface area contributed by atoms with Crippen molar-refractivity contribution < 1.29 is 9.59 Å². The van der Waals surface area contributed by atoms with E-state index in [2.05, 4.69) is 20.9 Å². The van der Waals surface area contributed by atoms with E-state index in [-0.39, 0.29) is 11.8 Å². The van der Waals surface area contributed by atoms with Crippen LogP contribution in [0, 0.1) is 0 Å². The second-order valence-corrected chi connectivity index (χ2v) is 7.99. The van der Waals surface area contributed by atoms with Gasteiger partial charge < -0.3 is 26.6 Å². The average Bonchev–Trinajstić information content (AvgIpc) is 2.88. The lowest BCUT2D eigenvalue weighted by Gasteiger charge is -2.29. The first-order valence-electron chi connectivity index (χ1n) is 11.2. The van der Waals surface area contributed by atoms with Gasteiger partial charge in [0.2, 0.25) is 0 Å². The maximum atomic E-state index is 13.2. The van der Waals surface area contributed by atoms with Crippen LogP contribution < -0.4 is 26.6 Å². The van der Waals surface area contributed by atoms with Crippen LogP contribution in [0.5, 0.6) is 0 Å². The summed E-state index contributed by atoms with van der Waals surface area (Å²) in [5.74, 6) is -0.636. The largest absolute Gasteiger partial charge is 0.369 e. The molecule has 0 aromatic heterocycles. The van der Waals surface area contributed by atoms with Crippen LogP contribution in [0.15, 0.2) is 78.9 Å². The number of amides is 2. The molecule has 1 fully saturated rings. The molecule has 1 aliphatic heterocycles. The Morgan fingerprint density at radius 2 is 1.67 bits per heavy atom. The number of nitrogens with zero attached hydrogens (tertiary/aromatic N) is 1. The molecular weight excluding hydrogens is 414 g/mol. The zero-order valence-corrected chi connectivity index (χ0v) is 18.5. The van der Waals surface area contributed by atoms with Crippen LogP contribution >= 0.6 is 0 Å². The molecule has 0 aliphatic carbocycles. The molecule has 5 N–H and O–H groups in total. The van der Waals surface area contributed by atoms with E-state index in [4.69, 9.17) is 5.73 Å². The molecule has 0 spiro atoms. The molecule has 0 unspecified atom stereocenters. The molecule has 2 amide bonds. The van der Waals surface area contributed by atoms with Gasteiger partial charge in [-0.2, -0.15) is 0 Å². The molecule has 0 bridgehead atoms. The van der Waals surface area contributed by atoms with Gasteiger partial charge in [0.1, 0.15) is 6.04 Å². The summed E-state index contributed by atoms with van der Waals surface area (Å²) < 4.78 is 0. The van der Waals surface area contributed by atoms with Crippen molar-refractivity contribution in [3.05, 3.63) is 95.6 Å². The van der Waals surface area contributed by atoms with Gasteiger partial charge in [0.15, 0.2) is 0 Å². The predicted octanol–water partition coefficient (Wildman–Crippen LogP) is 2.66. The van der Waals surface area contributed by atoms with Crippen molar-refractivity contribution in [1.29, 1.82) is 0 Å². The van der Waals surface area contributed by atoms with Crippen LogP contribution in [0.2, 0.25) is 0 Å². The molecular formula is C26H29N5O2. The van der Waals surface area contributed by atoms with E-state index in [0.717, 1.165) is 37.4 Å².